The van der Waals surface area contributed by atoms with Gasteiger partial charge < -0.3 is 14.8 Å². The van der Waals surface area contributed by atoms with Gasteiger partial charge in [0.15, 0.2) is 0 Å². The molecule has 1 amide bonds. The van der Waals surface area contributed by atoms with Gasteiger partial charge in [-0.1, -0.05) is 0 Å². The second-order valence-corrected chi connectivity index (χ2v) is 7.18. The van der Waals surface area contributed by atoms with Crippen LogP contribution in [0.25, 0.3) is 10.2 Å². The summed E-state index contributed by atoms with van der Waals surface area (Å²) in [5.41, 5.74) is 1.33. The minimum atomic E-state index is -0.508. The number of thiazole rings is 1. The van der Waals surface area contributed by atoms with Gasteiger partial charge in [0.25, 0.3) is 0 Å². The average Bonchev–Trinajstić information content (AvgIpc) is 2.73. The van der Waals surface area contributed by atoms with Crippen LogP contribution < -0.4 is 10.1 Å². The van der Waals surface area contributed by atoms with Gasteiger partial charge in [0.2, 0.25) is 0 Å². The predicted molar refractivity (Wildman–Crippen MR) is 88.6 cm³/mol. The van der Waals surface area contributed by atoms with E-state index in [1.54, 1.807) is 11.3 Å². The number of aryl methyl sites for hydroxylation is 1. The summed E-state index contributed by atoms with van der Waals surface area (Å²) in [6.07, 6.45) is -0.435. The fourth-order valence-corrected chi connectivity index (χ4v) is 2.89. The Morgan fingerprint density at radius 3 is 2.73 bits per heavy atom. The number of nitrogens with zero attached hydrogens (tertiary/aromatic N) is 1. The van der Waals surface area contributed by atoms with Gasteiger partial charge in [-0.15, -0.1) is 11.3 Å². The van der Waals surface area contributed by atoms with Gasteiger partial charge in [0.05, 0.1) is 21.8 Å². The lowest BCUT2D eigenvalue weighted by atomic mass is 10.2. The Bertz CT molecular complexity index is 674. The number of nitrogens with one attached hydrogen (secondary N) is 1. The second kappa shape index (κ2) is 6.52. The number of hydrogen-bond acceptors (Lipinski definition) is 5. The summed E-state index contributed by atoms with van der Waals surface area (Å²) in [6, 6.07) is 3.94. The number of alkyl carbamates (subject to hydrolysis) is 1. The highest BCUT2D eigenvalue weighted by molar-refractivity contribution is 7.18. The monoisotopic (exact) mass is 322 g/mol. The zero-order valence-electron chi connectivity index (χ0n) is 13.6. The maximum Gasteiger partial charge on any atom is 0.407 e. The number of fused-ring (bicyclic) bond motifs is 1. The third-order valence-electron chi connectivity index (χ3n) is 2.80. The number of hydrogen-bond donors (Lipinski definition) is 1. The highest BCUT2D eigenvalue weighted by atomic mass is 32.1. The Kier molecular flexibility index (Phi) is 4.90. The van der Waals surface area contributed by atoms with Crippen LogP contribution in [0.3, 0.4) is 0 Å². The molecule has 0 aliphatic heterocycles. The maximum atomic E-state index is 11.8. The molecule has 2 rings (SSSR count). The highest BCUT2D eigenvalue weighted by Crippen LogP contribution is 2.29. The molecule has 6 heteroatoms. The van der Waals surface area contributed by atoms with Gasteiger partial charge >= 0.3 is 6.09 Å². The molecule has 0 aliphatic carbocycles. The molecule has 0 aliphatic rings. The Hall–Kier alpha value is -1.82. The molecule has 0 saturated heterocycles. The lowest BCUT2D eigenvalue weighted by Crippen LogP contribution is -2.32. The predicted octanol–water partition coefficient (Wildman–Crippen LogP) is 4.03. The standard InChI is InChI=1S/C16H22N2O3S/c1-6-20-13-8-12-14(22-10(2)18-12)7-11(13)9-17-15(19)21-16(3,4)5/h7-8H,6,9H2,1-5H3,(H,17,19). The van der Waals surface area contributed by atoms with Crippen molar-refractivity contribution in [2.45, 2.75) is 46.8 Å². The molecule has 0 spiro atoms. The van der Waals surface area contributed by atoms with Crippen molar-refractivity contribution in [2.24, 2.45) is 0 Å². The van der Waals surface area contributed by atoms with E-state index in [1.807, 2.05) is 46.8 Å². The van der Waals surface area contributed by atoms with Gasteiger partial charge in [-0.25, -0.2) is 9.78 Å². The molecule has 0 fully saturated rings. The minimum Gasteiger partial charge on any atom is -0.493 e. The number of aromatic nitrogens is 1. The molecule has 5 nitrogen and oxygen atoms in total. The van der Waals surface area contributed by atoms with Crippen LogP contribution in [0.4, 0.5) is 4.79 Å². The fraction of sp³-hybridized carbons (Fsp3) is 0.500. The summed E-state index contributed by atoms with van der Waals surface area (Å²) < 4.78 is 12.0. The Labute approximate surface area is 134 Å². The van der Waals surface area contributed by atoms with Crippen LogP contribution in [-0.4, -0.2) is 23.3 Å². The van der Waals surface area contributed by atoms with Gasteiger partial charge in [-0.05, 0) is 40.7 Å². The largest absolute Gasteiger partial charge is 0.493 e. The molecule has 0 bridgehead atoms. The molecule has 0 radical (unpaired) electrons. The van der Waals surface area contributed by atoms with Crippen LogP contribution in [0.15, 0.2) is 12.1 Å². The molecule has 2 aromatic rings. The molecular weight excluding hydrogens is 300 g/mol. The van der Waals surface area contributed by atoms with Crippen molar-refractivity contribution in [1.29, 1.82) is 0 Å². The van der Waals surface area contributed by atoms with Crippen molar-refractivity contribution >= 4 is 27.6 Å². The SMILES string of the molecule is CCOc1cc2nc(C)sc2cc1CNC(=O)OC(C)(C)C. The molecule has 120 valence electrons. The van der Waals surface area contributed by atoms with Gasteiger partial charge in [-0.2, -0.15) is 0 Å². The third kappa shape index (κ3) is 4.34. The number of rotatable bonds is 4. The van der Waals surface area contributed by atoms with Crippen molar-refractivity contribution in [3.8, 4) is 5.75 Å². The number of ether oxygens (including phenoxy) is 2. The molecule has 0 atom stereocenters. The zero-order chi connectivity index (χ0) is 16.3. The Morgan fingerprint density at radius 1 is 1.36 bits per heavy atom. The summed E-state index contributed by atoms with van der Waals surface area (Å²) in [5.74, 6) is 0.747. The van der Waals surface area contributed by atoms with Gasteiger partial charge in [0, 0.05) is 18.2 Å². The molecule has 1 heterocycles. The Balaban J connectivity index is 2.17. The van der Waals surface area contributed by atoms with Crippen molar-refractivity contribution in [1.82, 2.24) is 10.3 Å². The molecule has 0 saturated carbocycles. The molecule has 1 N–H and O–H groups in total. The smallest absolute Gasteiger partial charge is 0.407 e. The summed E-state index contributed by atoms with van der Waals surface area (Å²) in [6.45, 7) is 10.3. The first-order valence-corrected chi connectivity index (χ1v) is 8.10. The van der Waals surface area contributed by atoms with E-state index < -0.39 is 11.7 Å². The Morgan fingerprint density at radius 2 is 2.09 bits per heavy atom. The molecule has 22 heavy (non-hydrogen) atoms. The fourth-order valence-electron chi connectivity index (χ4n) is 2.02. The van der Waals surface area contributed by atoms with E-state index in [4.69, 9.17) is 9.47 Å². The highest BCUT2D eigenvalue weighted by Gasteiger charge is 2.17. The normalized spacial score (nSPS) is 11.5. The molecular formula is C16H22N2O3S. The first kappa shape index (κ1) is 16.5. The summed E-state index contributed by atoms with van der Waals surface area (Å²) in [5, 5.41) is 3.78. The number of amides is 1. The van der Waals surface area contributed by atoms with E-state index in [1.165, 1.54) is 0 Å². The molecule has 1 aromatic carbocycles. The third-order valence-corrected chi connectivity index (χ3v) is 3.73. The van der Waals surface area contributed by atoms with E-state index in [0.29, 0.717) is 13.2 Å². The number of benzene rings is 1. The van der Waals surface area contributed by atoms with Crippen molar-refractivity contribution in [3.63, 3.8) is 0 Å². The average molecular weight is 322 g/mol. The van der Waals surface area contributed by atoms with Crippen LogP contribution in [-0.2, 0) is 11.3 Å². The lowest BCUT2D eigenvalue weighted by molar-refractivity contribution is 0.0523. The van der Waals surface area contributed by atoms with Crippen LogP contribution in [0, 0.1) is 6.92 Å². The zero-order valence-corrected chi connectivity index (χ0v) is 14.5. The van der Waals surface area contributed by atoms with Crippen molar-refractivity contribution in [2.75, 3.05) is 6.61 Å². The van der Waals surface area contributed by atoms with Gasteiger partial charge in [0.1, 0.15) is 11.4 Å². The van der Waals surface area contributed by atoms with Gasteiger partial charge in [-0.3, -0.25) is 0 Å². The van der Waals surface area contributed by atoms with E-state index in [-0.39, 0.29) is 0 Å². The molecule has 1 aromatic heterocycles. The topological polar surface area (TPSA) is 60.5 Å². The molecule has 0 unspecified atom stereocenters. The number of carbonyl (C=O) groups is 1. The second-order valence-electron chi connectivity index (χ2n) is 5.95. The van der Waals surface area contributed by atoms with Crippen LogP contribution in [0.1, 0.15) is 38.3 Å². The van der Waals surface area contributed by atoms with Crippen molar-refractivity contribution in [3.05, 3.63) is 22.7 Å². The van der Waals surface area contributed by atoms with E-state index in [9.17, 15) is 4.79 Å². The van der Waals surface area contributed by atoms with E-state index >= 15 is 0 Å². The summed E-state index contributed by atoms with van der Waals surface area (Å²) >= 11 is 1.63. The first-order chi connectivity index (χ1) is 10.3. The van der Waals surface area contributed by atoms with E-state index in [2.05, 4.69) is 10.3 Å². The number of carbonyl (C=O) groups excluding carboxylic acids is 1. The minimum absolute atomic E-state index is 0.358. The maximum absolute atomic E-state index is 11.8. The first-order valence-electron chi connectivity index (χ1n) is 7.28. The lowest BCUT2D eigenvalue weighted by Gasteiger charge is -2.20. The van der Waals surface area contributed by atoms with Crippen molar-refractivity contribution < 1.29 is 14.3 Å². The summed E-state index contributed by atoms with van der Waals surface area (Å²) in [4.78, 5) is 16.3. The summed E-state index contributed by atoms with van der Waals surface area (Å²) in [7, 11) is 0. The van der Waals surface area contributed by atoms with Crippen LogP contribution in [0.5, 0.6) is 5.75 Å². The van der Waals surface area contributed by atoms with E-state index in [0.717, 1.165) is 26.5 Å². The van der Waals surface area contributed by atoms with Crippen LogP contribution in [0.2, 0.25) is 0 Å². The van der Waals surface area contributed by atoms with Crippen LogP contribution >= 0.6 is 11.3 Å². The quantitative estimate of drug-likeness (QED) is 0.923.